The van der Waals surface area contributed by atoms with E-state index < -0.39 is 0 Å². The third kappa shape index (κ3) is 2.42. The standard InChI is InChI=1S/C14H18N2OS2/c1-9(2)13-12(8-17)19-14(15-13)16-5-3-11-10(7-16)4-6-18-11/h4,6,9,17H,3,5,7-8H2,1-2H3. The van der Waals surface area contributed by atoms with Crippen molar-refractivity contribution in [3.8, 4) is 0 Å². The van der Waals surface area contributed by atoms with Gasteiger partial charge < -0.3 is 10.0 Å². The van der Waals surface area contributed by atoms with Gasteiger partial charge >= 0.3 is 0 Å². The van der Waals surface area contributed by atoms with Gasteiger partial charge in [-0.3, -0.25) is 0 Å². The van der Waals surface area contributed by atoms with Crippen LogP contribution in [0.3, 0.4) is 0 Å². The molecule has 2 aromatic rings. The lowest BCUT2D eigenvalue weighted by molar-refractivity contribution is 0.283. The van der Waals surface area contributed by atoms with Crippen molar-refractivity contribution in [3.05, 3.63) is 32.5 Å². The smallest absolute Gasteiger partial charge is 0.186 e. The zero-order valence-corrected chi connectivity index (χ0v) is 12.9. The summed E-state index contributed by atoms with van der Waals surface area (Å²) >= 11 is 3.50. The van der Waals surface area contributed by atoms with E-state index in [0.29, 0.717) is 5.92 Å². The maximum absolute atomic E-state index is 9.46. The first-order chi connectivity index (χ1) is 9.19. The van der Waals surface area contributed by atoms with Crippen LogP contribution in [0.5, 0.6) is 0 Å². The predicted octanol–water partition coefficient (Wildman–Crippen LogP) is 3.38. The van der Waals surface area contributed by atoms with Crippen molar-refractivity contribution in [3.63, 3.8) is 0 Å². The summed E-state index contributed by atoms with van der Waals surface area (Å²) in [6.07, 6.45) is 1.11. The van der Waals surface area contributed by atoms with Gasteiger partial charge in [0.1, 0.15) is 0 Å². The molecule has 0 spiro atoms. The van der Waals surface area contributed by atoms with Crippen LogP contribution in [0, 0.1) is 0 Å². The first-order valence-corrected chi connectivity index (χ1v) is 8.29. The Kier molecular flexibility index (Phi) is 3.60. The first-order valence-electron chi connectivity index (χ1n) is 6.59. The maximum atomic E-state index is 9.46. The predicted molar refractivity (Wildman–Crippen MR) is 81.2 cm³/mol. The van der Waals surface area contributed by atoms with E-state index in [1.165, 1.54) is 10.4 Å². The molecule has 0 saturated carbocycles. The average Bonchev–Trinajstić information content (AvgIpc) is 3.04. The molecule has 0 bridgehead atoms. The van der Waals surface area contributed by atoms with Crippen LogP contribution in [0.4, 0.5) is 5.13 Å². The topological polar surface area (TPSA) is 36.4 Å². The fourth-order valence-electron chi connectivity index (χ4n) is 2.46. The molecule has 3 heterocycles. The van der Waals surface area contributed by atoms with Crippen molar-refractivity contribution in [1.82, 2.24) is 4.98 Å². The molecule has 0 atom stereocenters. The van der Waals surface area contributed by atoms with Crippen LogP contribution in [0.2, 0.25) is 0 Å². The van der Waals surface area contributed by atoms with Gasteiger partial charge in [0, 0.05) is 18.0 Å². The van der Waals surface area contributed by atoms with E-state index in [0.717, 1.165) is 35.2 Å². The van der Waals surface area contributed by atoms with Crippen LogP contribution in [-0.4, -0.2) is 16.6 Å². The summed E-state index contributed by atoms with van der Waals surface area (Å²) in [6.45, 7) is 6.34. The molecule has 0 fully saturated rings. The number of aliphatic hydroxyl groups is 1. The molecule has 102 valence electrons. The number of thiazole rings is 1. The Bertz CT molecular complexity index is 574. The number of fused-ring (bicyclic) bond motifs is 1. The number of nitrogens with zero attached hydrogens (tertiary/aromatic N) is 2. The minimum atomic E-state index is 0.0999. The van der Waals surface area contributed by atoms with Gasteiger partial charge in [-0.15, -0.1) is 11.3 Å². The Balaban J connectivity index is 1.87. The summed E-state index contributed by atoms with van der Waals surface area (Å²) in [5.74, 6) is 0.369. The highest BCUT2D eigenvalue weighted by molar-refractivity contribution is 7.15. The molecule has 19 heavy (non-hydrogen) atoms. The molecule has 1 aliphatic heterocycles. The quantitative estimate of drug-likeness (QED) is 0.942. The molecular formula is C14H18N2OS2. The lowest BCUT2D eigenvalue weighted by Crippen LogP contribution is -2.29. The molecule has 0 aromatic carbocycles. The Morgan fingerprint density at radius 1 is 1.47 bits per heavy atom. The van der Waals surface area contributed by atoms with Crippen LogP contribution in [0.15, 0.2) is 11.4 Å². The van der Waals surface area contributed by atoms with Crippen molar-refractivity contribution in [2.45, 2.75) is 39.3 Å². The molecule has 0 amide bonds. The lowest BCUT2D eigenvalue weighted by atomic mass is 10.1. The van der Waals surface area contributed by atoms with Crippen molar-refractivity contribution in [1.29, 1.82) is 0 Å². The van der Waals surface area contributed by atoms with E-state index >= 15 is 0 Å². The zero-order valence-electron chi connectivity index (χ0n) is 11.2. The molecule has 1 aliphatic rings. The average molecular weight is 294 g/mol. The maximum Gasteiger partial charge on any atom is 0.186 e. The minimum Gasteiger partial charge on any atom is -0.391 e. The van der Waals surface area contributed by atoms with Gasteiger partial charge in [-0.05, 0) is 29.3 Å². The first kappa shape index (κ1) is 13.1. The van der Waals surface area contributed by atoms with Crippen LogP contribution in [-0.2, 0) is 19.6 Å². The normalized spacial score (nSPS) is 15.1. The number of anilines is 1. The highest BCUT2D eigenvalue weighted by atomic mass is 32.1. The third-order valence-electron chi connectivity index (χ3n) is 3.48. The van der Waals surface area contributed by atoms with E-state index in [1.807, 2.05) is 11.3 Å². The van der Waals surface area contributed by atoms with Gasteiger partial charge in [-0.1, -0.05) is 25.2 Å². The second-order valence-electron chi connectivity index (χ2n) is 5.16. The summed E-state index contributed by atoms with van der Waals surface area (Å²) < 4.78 is 0. The largest absolute Gasteiger partial charge is 0.391 e. The summed E-state index contributed by atoms with van der Waals surface area (Å²) in [6, 6.07) is 2.22. The number of aromatic nitrogens is 1. The van der Waals surface area contributed by atoms with E-state index in [2.05, 4.69) is 30.2 Å². The third-order valence-corrected chi connectivity index (χ3v) is 5.62. The van der Waals surface area contributed by atoms with Gasteiger partial charge in [0.2, 0.25) is 0 Å². The molecule has 0 radical (unpaired) electrons. The second-order valence-corrected chi connectivity index (χ2v) is 7.22. The monoisotopic (exact) mass is 294 g/mol. The van der Waals surface area contributed by atoms with E-state index in [9.17, 15) is 5.11 Å². The molecule has 0 unspecified atom stereocenters. The fraction of sp³-hybridized carbons (Fsp3) is 0.500. The molecule has 0 saturated heterocycles. The fourth-order valence-corrected chi connectivity index (χ4v) is 4.45. The number of hydrogen-bond acceptors (Lipinski definition) is 5. The molecular weight excluding hydrogens is 276 g/mol. The number of aliphatic hydroxyl groups excluding tert-OH is 1. The molecule has 3 rings (SSSR count). The van der Waals surface area contributed by atoms with Crippen LogP contribution in [0.1, 0.15) is 40.8 Å². The Morgan fingerprint density at radius 3 is 3.00 bits per heavy atom. The number of rotatable bonds is 3. The lowest BCUT2D eigenvalue weighted by Gasteiger charge is -2.26. The van der Waals surface area contributed by atoms with E-state index in [4.69, 9.17) is 4.98 Å². The van der Waals surface area contributed by atoms with E-state index in [1.54, 1.807) is 11.3 Å². The number of hydrogen-bond donors (Lipinski definition) is 1. The minimum absolute atomic E-state index is 0.0999. The van der Waals surface area contributed by atoms with Gasteiger partial charge in [0.05, 0.1) is 17.2 Å². The Labute approximate surface area is 121 Å². The molecule has 2 aromatic heterocycles. The highest BCUT2D eigenvalue weighted by Gasteiger charge is 2.22. The van der Waals surface area contributed by atoms with Gasteiger partial charge in [0.15, 0.2) is 5.13 Å². The summed E-state index contributed by atoms with van der Waals surface area (Å²) in [4.78, 5) is 9.62. The second kappa shape index (κ2) is 5.23. The van der Waals surface area contributed by atoms with Gasteiger partial charge in [0.25, 0.3) is 0 Å². The molecule has 1 N–H and O–H groups in total. The van der Waals surface area contributed by atoms with Gasteiger partial charge in [-0.2, -0.15) is 0 Å². The molecule has 3 nitrogen and oxygen atoms in total. The summed E-state index contributed by atoms with van der Waals surface area (Å²) in [7, 11) is 0. The van der Waals surface area contributed by atoms with Crippen LogP contribution in [0.25, 0.3) is 0 Å². The highest BCUT2D eigenvalue weighted by Crippen LogP contribution is 2.34. The van der Waals surface area contributed by atoms with Gasteiger partial charge in [-0.25, -0.2) is 4.98 Å². The number of thiophene rings is 1. The summed E-state index contributed by atoms with van der Waals surface area (Å²) in [5.41, 5.74) is 2.49. The van der Waals surface area contributed by atoms with E-state index in [-0.39, 0.29) is 6.61 Å². The summed E-state index contributed by atoms with van der Waals surface area (Å²) in [5, 5.41) is 12.7. The molecule has 5 heteroatoms. The SMILES string of the molecule is CC(C)c1nc(N2CCc3sccc3C2)sc1CO. The van der Waals surface area contributed by atoms with Crippen LogP contribution < -0.4 is 4.90 Å². The van der Waals surface area contributed by atoms with Crippen molar-refractivity contribution < 1.29 is 5.11 Å². The Morgan fingerprint density at radius 2 is 2.32 bits per heavy atom. The van der Waals surface area contributed by atoms with Crippen molar-refractivity contribution >= 4 is 27.8 Å². The van der Waals surface area contributed by atoms with Crippen molar-refractivity contribution in [2.75, 3.05) is 11.4 Å². The molecule has 0 aliphatic carbocycles. The Hall–Kier alpha value is -0.910. The zero-order chi connectivity index (χ0) is 13.4. The van der Waals surface area contributed by atoms with Crippen LogP contribution >= 0.6 is 22.7 Å². The van der Waals surface area contributed by atoms with Crippen molar-refractivity contribution in [2.24, 2.45) is 0 Å².